The Hall–Kier alpha value is -1.65. The molecule has 0 saturated heterocycles. The predicted octanol–water partition coefficient (Wildman–Crippen LogP) is 2.16. The summed E-state index contributed by atoms with van der Waals surface area (Å²) in [7, 11) is 0. The molecule has 19 heavy (non-hydrogen) atoms. The monoisotopic (exact) mass is 259 g/mol. The van der Waals surface area contributed by atoms with E-state index in [1.807, 2.05) is 9.25 Å². The van der Waals surface area contributed by atoms with Crippen LogP contribution in [-0.2, 0) is 13.1 Å². The molecule has 2 aliphatic rings. The largest absolute Gasteiger partial charge is 0.411 e. The summed E-state index contributed by atoms with van der Waals surface area (Å²) in [6.07, 6.45) is 11.2. The van der Waals surface area contributed by atoms with Crippen LogP contribution in [-0.4, -0.2) is 14.8 Å². The van der Waals surface area contributed by atoms with Gasteiger partial charge in [0.2, 0.25) is 12.5 Å². The Morgan fingerprint density at radius 2 is 2.21 bits per heavy atom. The van der Waals surface area contributed by atoms with Gasteiger partial charge in [0.05, 0.1) is 0 Å². The minimum atomic E-state index is 0.396. The first kappa shape index (κ1) is 11.2. The minimum absolute atomic E-state index is 0.396. The maximum absolute atomic E-state index is 5.21. The van der Waals surface area contributed by atoms with Crippen LogP contribution in [0, 0.1) is 5.41 Å². The van der Waals surface area contributed by atoms with E-state index in [2.05, 4.69) is 12.0 Å². The third-order valence-electron chi connectivity index (χ3n) is 4.55. The van der Waals surface area contributed by atoms with Gasteiger partial charge in [-0.3, -0.25) is 0 Å². The molecule has 0 radical (unpaired) electrons. The van der Waals surface area contributed by atoms with Gasteiger partial charge in [0.1, 0.15) is 0 Å². The number of rotatable bonds is 2. The van der Waals surface area contributed by atoms with Crippen molar-refractivity contribution in [3.8, 4) is 11.5 Å². The van der Waals surface area contributed by atoms with Gasteiger partial charge < -0.3 is 4.42 Å². The topological polar surface area (TPSA) is 47.7 Å². The fraction of sp³-hybridized carbons (Fsp3) is 0.643. The lowest BCUT2D eigenvalue weighted by molar-refractivity contribution is -0.687. The number of fused-ring (bicyclic) bond motifs is 3. The number of nitrogens with zero attached hydrogens (tertiary/aromatic N) is 4. The highest BCUT2D eigenvalue weighted by molar-refractivity contribution is 5.44. The van der Waals surface area contributed by atoms with Crippen LogP contribution < -0.4 is 4.57 Å². The van der Waals surface area contributed by atoms with Crippen molar-refractivity contribution in [1.82, 2.24) is 14.8 Å². The Bertz CT molecular complexity index is 607. The molecule has 0 N–H and O–H groups in total. The molecule has 0 amide bonds. The average molecular weight is 259 g/mol. The molecule has 0 atom stereocenters. The summed E-state index contributed by atoms with van der Waals surface area (Å²) in [6.45, 7) is 3.11. The van der Waals surface area contributed by atoms with Gasteiger partial charge in [-0.2, -0.15) is 9.78 Å². The average Bonchev–Trinajstić information content (AvgIpc) is 3.01. The standard InChI is InChI=1S/C14H19N4O/c1-14(5-3-2-4-6-14)7-12-15-13-11-8-19-10-17(11)9-18(13)16-12/h8,10H,2-7,9H2,1H3/q+1. The molecular formula is C14H19N4O+. The van der Waals surface area contributed by atoms with E-state index in [4.69, 9.17) is 9.40 Å². The molecule has 3 heterocycles. The highest BCUT2D eigenvalue weighted by Gasteiger charge is 2.34. The first-order valence-corrected chi connectivity index (χ1v) is 7.13. The SMILES string of the molecule is CC1(Cc2nc3n(n2)C[n+]2cocc2-3)CCCCC1. The van der Waals surface area contributed by atoms with Crippen molar-refractivity contribution in [3.63, 3.8) is 0 Å². The lowest BCUT2D eigenvalue weighted by Gasteiger charge is -2.32. The zero-order chi connectivity index (χ0) is 12.9. The Labute approximate surface area is 112 Å². The van der Waals surface area contributed by atoms with E-state index in [1.165, 1.54) is 32.1 Å². The van der Waals surface area contributed by atoms with Crippen molar-refractivity contribution in [2.75, 3.05) is 0 Å². The molecule has 0 unspecified atom stereocenters. The lowest BCUT2D eigenvalue weighted by Crippen LogP contribution is -2.32. The molecule has 5 heteroatoms. The molecule has 1 aliphatic carbocycles. The highest BCUT2D eigenvalue weighted by Crippen LogP contribution is 2.38. The number of oxazole rings is 1. The van der Waals surface area contributed by atoms with Gasteiger partial charge in [-0.25, -0.2) is 4.98 Å². The number of hydrogen-bond donors (Lipinski definition) is 0. The van der Waals surface area contributed by atoms with Crippen molar-refractivity contribution in [1.29, 1.82) is 0 Å². The second kappa shape index (κ2) is 3.92. The fourth-order valence-electron chi connectivity index (χ4n) is 3.44. The summed E-state index contributed by atoms with van der Waals surface area (Å²) in [6, 6.07) is 0. The van der Waals surface area contributed by atoms with Crippen molar-refractivity contribution in [2.45, 2.75) is 52.1 Å². The van der Waals surface area contributed by atoms with Crippen LogP contribution in [0.3, 0.4) is 0 Å². The third kappa shape index (κ3) is 1.79. The Morgan fingerprint density at radius 1 is 1.37 bits per heavy atom. The van der Waals surface area contributed by atoms with Crippen LogP contribution >= 0.6 is 0 Å². The quantitative estimate of drug-likeness (QED) is 0.663. The summed E-state index contributed by atoms with van der Waals surface area (Å²) < 4.78 is 9.21. The summed E-state index contributed by atoms with van der Waals surface area (Å²) in [5.74, 6) is 1.94. The molecule has 0 bridgehead atoms. The van der Waals surface area contributed by atoms with E-state index >= 15 is 0 Å². The number of aromatic nitrogens is 4. The van der Waals surface area contributed by atoms with E-state index in [0.29, 0.717) is 5.41 Å². The van der Waals surface area contributed by atoms with Gasteiger partial charge in [-0.1, -0.05) is 26.2 Å². The van der Waals surface area contributed by atoms with Crippen molar-refractivity contribution in [2.24, 2.45) is 5.41 Å². The normalized spacial score (nSPS) is 20.3. The molecule has 2 aromatic rings. The van der Waals surface area contributed by atoms with E-state index in [-0.39, 0.29) is 0 Å². The van der Waals surface area contributed by atoms with Gasteiger partial charge in [-0.05, 0) is 18.3 Å². The first-order valence-electron chi connectivity index (χ1n) is 7.13. The molecular weight excluding hydrogens is 240 g/mol. The van der Waals surface area contributed by atoms with Crippen molar-refractivity contribution >= 4 is 0 Å². The molecule has 1 aliphatic heterocycles. The lowest BCUT2D eigenvalue weighted by atomic mass is 9.73. The third-order valence-corrected chi connectivity index (χ3v) is 4.55. The van der Waals surface area contributed by atoms with Gasteiger partial charge in [0.25, 0.3) is 5.69 Å². The van der Waals surface area contributed by atoms with Crippen LogP contribution in [0.1, 0.15) is 44.9 Å². The van der Waals surface area contributed by atoms with Crippen molar-refractivity contribution in [3.05, 3.63) is 18.5 Å². The van der Waals surface area contributed by atoms with Crippen molar-refractivity contribution < 1.29 is 8.98 Å². The summed E-state index contributed by atoms with van der Waals surface area (Å²) in [5, 5.41) is 4.66. The molecule has 0 spiro atoms. The summed E-state index contributed by atoms with van der Waals surface area (Å²) >= 11 is 0. The van der Waals surface area contributed by atoms with E-state index < -0.39 is 0 Å². The zero-order valence-electron chi connectivity index (χ0n) is 11.3. The minimum Gasteiger partial charge on any atom is -0.411 e. The number of hydrogen-bond acceptors (Lipinski definition) is 3. The highest BCUT2D eigenvalue weighted by atomic mass is 16.3. The van der Waals surface area contributed by atoms with E-state index in [9.17, 15) is 0 Å². The zero-order valence-corrected chi connectivity index (χ0v) is 11.3. The second-order valence-electron chi connectivity index (χ2n) is 6.26. The molecule has 100 valence electrons. The fourth-order valence-corrected chi connectivity index (χ4v) is 3.44. The molecule has 5 nitrogen and oxygen atoms in total. The first-order chi connectivity index (χ1) is 9.23. The summed E-state index contributed by atoms with van der Waals surface area (Å²) in [4.78, 5) is 4.71. The van der Waals surface area contributed by atoms with Crippen LogP contribution in [0.25, 0.3) is 11.5 Å². The van der Waals surface area contributed by atoms with Crippen LogP contribution in [0.4, 0.5) is 0 Å². The molecule has 0 aromatic carbocycles. The van der Waals surface area contributed by atoms with Crippen LogP contribution in [0.2, 0.25) is 0 Å². The smallest absolute Gasteiger partial charge is 0.336 e. The molecule has 1 fully saturated rings. The Kier molecular flexibility index (Phi) is 2.31. The predicted molar refractivity (Wildman–Crippen MR) is 68.2 cm³/mol. The summed E-state index contributed by atoms with van der Waals surface area (Å²) in [5.41, 5.74) is 1.43. The van der Waals surface area contributed by atoms with E-state index in [1.54, 1.807) is 12.7 Å². The molecule has 4 rings (SSSR count). The van der Waals surface area contributed by atoms with Gasteiger partial charge in [0, 0.05) is 6.42 Å². The maximum atomic E-state index is 5.21. The van der Waals surface area contributed by atoms with Gasteiger partial charge in [-0.15, -0.1) is 4.57 Å². The molecule has 1 saturated carbocycles. The van der Waals surface area contributed by atoms with Crippen LogP contribution in [0.15, 0.2) is 17.1 Å². The second-order valence-corrected chi connectivity index (χ2v) is 6.26. The molecule has 2 aromatic heterocycles. The van der Waals surface area contributed by atoms with Gasteiger partial charge in [0.15, 0.2) is 12.1 Å². The maximum Gasteiger partial charge on any atom is 0.336 e. The van der Waals surface area contributed by atoms with Gasteiger partial charge >= 0.3 is 6.39 Å². The van der Waals surface area contributed by atoms with Crippen LogP contribution in [0.5, 0.6) is 0 Å². The Balaban J connectivity index is 1.60. The Morgan fingerprint density at radius 3 is 3.05 bits per heavy atom. The van der Waals surface area contributed by atoms with E-state index in [0.717, 1.165) is 30.4 Å².